The molecule has 0 bridgehead atoms. The minimum Gasteiger partial charge on any atom is -0.0808 e. The number of allylic oxidation sites excluding steroid dienone is 4. The average molecular weight is 248 g/mol. The largest absolute Gasteiger partial charge is 0.0808 e. The molecule has 0 aromatic carbocycles. The summed E-state index contributed by atoms with van der Waals surface area (Å²) in [6.07, 6.45) is 19.9. The molecule has 2 unspecified atom stereocenters. The van der Waals surface area contributed by atoms with Crippen LogP contribution in [0, 0.1) is 17.3 Å². The fourth-order valence-corrected chi connectivity index (χ4v) is 4.11. The zero-order valence-corrected chi connectivity index (χ0v) is 12.9. The molecule has 0 N–H and O–H groups in total. The van der Waals surface area contributed by atoms with E-state index < -0.39 is 0 Å². The van der Waals surface area contributed by atoms with Gasteiger partial charge in [0.15, 0.2) is 0 Å². The lowest BCUT2D eigenvalue weighted by Crippen LogP contribution is -2.36. The van der Waals surface area contributed by atoms with Crippen molar-refractivity contribution in [3.8, 4) is 0 Å². The molecule has 0 heteroatoms. The lowest BCUT2D eigenvalue weighted by molar-refractivity contribution is 0.101. The van der Waals surface area contributed by atoms with E-state index in [0.29, 0.717) is 0 Å². The van der Waals surface area contributed by atoms with Crippen LogP contribution in [0.25, 0.3) is 0 Å². The molecule has 3 rings (SSSR count). The van der Waals surface area contributed by atoms with E-state index in [1.54, 1.807) is 0 Å². The van der Waals surface area contributed by atoms with Crippen molar-refractivity contribution in [3.63, 3.8) is 0 Å². The summed E-state index contributed by atoms with van der Waals surface area (Å²) in [5, 5.41) is 0. The minimum absolute atomic E-state index is 0.726. The Hall–Kier alpha value is -0.520. The van der Waals surface area contributed by atoms with Crippen molar-refractivity contribution >= 4 is 0 Å². The molecule has 2 atom stereocenters. The Labute approximate surface area is 115 Å². The van der Waals surface area contributed by atoms with Crippen molar-refractivity contribution in [2.45, 2.75) is 72.6 Å². The van der Waals surface area contributed by atoms with Gasteiger partial charge in [0, 0.05) is 0 Å². The van der Waals surface area contributed by atoms with Gasteiger partial charge in [0.2, 0.25) is 0 Å². The smallest absolute Gasteiger partial charge is 0.0111 e. The summed E-state index contributed by atoms with van der Waals surface area (Å²) in [4.78, 5) is 0. The van der Waals surface area contributed by atoms with Crippen LogP contribution in [-0.4, -0.2) is 0 Å². The first-order valence-electron chi connectivity index (χ1n) is 8.26. The van der Waals surface area contributed by atoms with Gasteiger partial charge in [-0.25, -0.2) is 0 Å². The maximum atomic E-state index is 2.51. The molecule has 0 heterocycles. The standard InChI is InChI=1S/C14H20.2C2H6/c1-2-8-13-12(6-1)7-5-11-14(13)9-3-4-10-14;2*1-2/h1-2,6,8,12-13H,3-5,7,9-11H2;2*1-2H3. The monoisotopic (exact) mass is 248 g/mol. The van der Waals surface area contributed by atoms with Crippen LogP contribution >= 0.6 is 0 Å². The molecule has 0 aliphatic heterocycles. The molecule has 2 saturated carbocycles. The zero-order chi connectivity index (χ0) is 13.4. The van der Waals surface area contributed by atoms with Crippen molar-refractivity contribution in [1.82, 2.24) is 0 Å². The highest BCUT2D eigenvalue weighted by molar-refractivity contribution is 5.19. The van der Waals surface area contributed by atoms with Gasteiger partial charge in [-0.1, -0.05) is 71.3 Å². The van der Waals surface area contributed by atoms with Crippen molar-refractivity contribution in [2.24, 2.45) is 17.3 Å². The fraction of sp³-hybridized carbons (Fsp3) is 0.778. The van der Waals surface area contributed by atoms with Gasteiger partial charge in [-0.3, -0.25) is 0 Å². The van der Waals surface area contributed by atoms with Gasteiger partial charge >= 0.3 is 0 Å². The molecule has 0 saturated heterocycles. The summed E-state index contributed by atoms with van der Waals surface area (Å²) in [6, 6.07) is 0. The fourth-order valence-electron chi connectivity index (χ4n) is 4.11. The Morgan fingerprint density at radius 3 is 2.00 bits per heavy atom. The Kier molecular flexibility index (Phi) is 6.75. The molecule has 104 valence electrons. The number of rotatable bonds is 0. The molecule has 0 nitrogen and oxygen atoms in total. The molecule has 0 amide bonds. The Morgan fingerprint density at radius 1 is 0.778 bits per heavy atom. The van der Waals surface area contributed by atoms with Crippen molar-refractivity contribution in [3.05, 3.63) is 24.3 Å². The Bertz CT molecular complexity index is 266. The molecule has 1 spiro atoms. The molecule has 2 fully saturated rings. The molecular weight excluding hydrogens is 216 g/mol. The van der Waals surface area contributed by atoms with Gasteiger partial charge in [0.05, 0.1) is 0 Å². The second-order valence-corrected chi connectivity index (χ2v) is 5.42. The normalized spacial score (nSPS) is 30.9. The summed E-state index contributed by atoms with van der Waals surface area (Å²) in [6.45, 7) is 8.00. The van der Waals surface area contributed by atoms with Crippen LogP contribution in [0.1, 0.15) is 72.6 Å². The Morgan fingerprint density at radius 2 is 1.33 bits per heavy atom. The second-order valence-electron chi connectivity index (χ2n) is 5.42. The van der Waals surface area contributed by atoms with Gasteiger partial charge < -0.3 is 0 Å². The van der Waals surface area contributed by atoms with Crippen LogP contribution < -0.4 is 0 Å². The van der Waals surface area contributed by atoms with E-state index in [9.17, 15) is 0 Å². The molecule has 3 aliphatic rings. The number of hydrogen-bond acceptors (Lipinski definition) is 0. The predicted octanol–water partition coefficient (Wildman–Crippen LogP) is 6.14. The zero-order valence-electron chi connectivity index (χ0n) is 12.9. The van der Waals surface area contributed by atoms with Crippen LogP contribution in [0.15, 0.2) is 24.3 Å². The summed E-state index contributed by atoms with van der Waals surface area (Å²) >= 11 is 0. The maximum Gasteiger partial charge on any atom is -0.0111 e. The first kappa shape index (κ1) is 15.5. The van der Waals surface area contributed by atoms with E-state index in [4.69, 9.17) is 0 Å². The molecule has 3 aliphatic carbocycles. The van der Waals surface area contributed by atoms with Crippen LogP contribution in [-0.2, 0) is 0 Å². The molecule has 18 heavy (non-hydrogen) atoms. The topological polar surface area (TPSA) is 0 Å². The highest BCUT2D eigenvalue weighted by Gasteiger charge is 2.45. The van der Waals surface area contributed by atoms with E-state index in [1.807, 2.05) is 27.7 Å². The van der Waals surface area contributed by atoms with E-state index in [0.717, 1.165) is 17.3 Å². The van der Waals surface area contributed by atoms with Gasteiger partial charge in [-0.05, 0) is 42.9 Å². The summed E-state index contributed by atoms with van der Waals surface area (Å²) < 4.78 is 0. The van der Waals surface area contributed by atoms with E-state index >= 15 is 0 Å². The van der Waals surface area contributed by atoms with Crippen LogP contribution in [0.3, 0.4) is 0 Å². The highest BCUT2D eigenvalue weighted by atomic mass is 14.5. The molecule has 0 aromatic rings. The maximum absolute atomic E-state index is 2.51. The third kappa shape index (κ3) is 3.08. The first-order valence-corrected chi connectivity index (χ1v) is 8.26. The van der Waals surface area contributed by atoms with Gasteiger partial charge in [-0.2, -0.15) is 0 Å². The lowest BCUT2D eigenvalue weighted by atomic mass is 9.60. The number of fused-ring (bicyclic) bond motifs is 2. The molecule has 0 radical (unpaired) electrons. The van der Waals surface area contributed by atoms with Crippen molar-refractivity contribution in [1.29, 1.82) is 0 Å². The van der Waals surface area contributed by atoms with Gasteiger partial charge in [-0.15, -0.1) is 0 Å². The molecular formula is C18H32. The predicted molar refractivity (Wildman–Crippen MR) is 82.7 cm³/mol. The summed E-state index contributed by atoms with van der Waals surface area (Å²) in [7, 11) is 0. The highest BCUT2D eigenvalue weighted by Crippen LogP contribution is 2.55. The number of hydrogen-bond donors (Lipinski definition) is 0. The molecule has 0 aromatic heterocycles. The van der Waals surface area contributed by atoms with E-state index in [2.05, 4.69) is 24.3 Å². The second kappa shape index (κ2) is 7.81. The van der Waals surface area contributed by atoms with Gasteiger partial charge in [0.1, 0.15) is 0 Å². The minimum atomic E-state index is 0.726. The summed E-state index contributed by atoms with van der Waals surface area (Å²) in [5.74, 6) is 1.77. The van der Waals surface area contributed by atoms with Crippen LogP contribution in [0.4, 0.5) is 0 Å². The van der Waals surface area contributed by atoms with E-state index in [1.165, 1.54) is 44.9 Å². The van der Waals surface area contributed by atoms with Crippen LogP contribution in [0.5, 0.6) is 0 Å². The van der Waals surface area contributed by atoms with Crippen LogP contribution in [0.2, 0.25) is 0 Å². The SMILES string of the molecule is C1=CC2CCCC3(CCCC3)C2C=C1.CC.CC. The van der Waals surface area contributed by atoms with Crippen molar-refractivity contribution < 1.29 is 0 Å². The Balaban J connectivity index is 0.000000371. The van der Waals surface area contributed by atoms with E-state index in [-0.39, 0.29) is 0 Å². The first-order chi connectivity index (χ1) is 8.91. The average Bonchev–Trinajstić information content (AvgIpc) is 2.93. The van der Waals surface area contributed by atoms with Crippen molar-refractivity contribution in [2.75, 3.05) is 0 Å². The third-order valence-electron chi connectivity index (χ3n) is 4.77. The van der Waals surface area contributed by atoms with Gasteiger partial charge in [0.25, 0.3) is 0 Å². The summed E-state index contributed by atoms with van der Waals surface area (Å²) in [5.41, 5.74) is 0.726. The quantitative estimate of drug-likeness (QED) is 0.483. The third-order valence-corrected chi connectivity index (χ3v) is 4.77. The lowest BCUT2D eigenvalue weighted by Gasteiger charge is -2.45.